The Balaban J connectivity index is -0.000000143. The van der Waals surface area contributed by atoms with E-state index in [0.29, 0.717) is 12.8 Å². The maximum absolute atomic E-state index is 10.0. The van der Waals surface area contributed by atoms with E-state index in [0.717, 1.165) is 0 Å². The zero-order valence-corrected chi connectivity index (χ0v) is 13.3. The molecule has 0 saturated carbocycles. The van der Waals surface area contributed by atoms with E-state index in [-0.39, 0.29) is 48.9 Å². The van der Waals surface area contributed by atoms with Crippen molar-refractivity contribution in [2.45, 2.75) is 39.3 Å². The Bertz CT molecular complexity index is 64.5. The first kappa shape index (κ1) is 19.9. The molecule has 76 valence electrons. The van der Waals surface area contributed by atoms with Gasteiger partial charge in [0.05, 0.1) is 0 Å². The SMILES string of the molecule is CCC([O-])OC.CCC([O-])OC.[Ba+2]. The van der Waals surface area contributed by atoms with Gasteiger partial charge in [0, 0.05) is 14.2 Å². The second kappa shape index (κ2) is 15.9. The molecule has 5 heteroatoms. The van der Waals surface area contributed by atoms with E-state index >= 15 is 0 Å². The third kappa shape index (κ3) is 19.7. The smallest absolute Gasteiger partial charge is 0.831 e. The van der Waals surface area contributed by atoms with Crippen LogP contribution in [0.4, 0.5) is 0 Å². The van der Waals surface area contributed by atoms with E-state index in [1.165, 1.54) is 14.2 Å². The topological polar surface area (TPSA) is 64.6 Å². The Labute approximate surface area is 121 Å². The Kier molecular flexibility index (Phi) is 24.3. The molecule has 0 aliphatic heterocycles. The van der Waals surface area contributed by atoms with Gasteiger partial charge in [0.15, 0.2) is 0 Å². The summed E-state index contributed by atoms with van der Waals surface area (Å²) < 4.78 is 8.69. The fourth-order valence-electron chi connectivity index (χ4n) is 0.333. The van der Waals surface area contributed by atoms with Crippen LogP contribution in [-0.2, 0) is 9.47 Å². The molecule has 0 bridgehead atoms. The molecule has 0 N–H and O–H groups in total. The molecule has 0 heterocycles. The summed E-state index contributed by atoms with van der Waals surface area (Å²) in [5.41, 5.74) is 0. The first-order valence-corrected chi connectivity index (χ1v) is 3.99. The van der Waals surface area contributed by atoms with Crippen molar-refractivity contribution < 1.29 is 19.7 Å². The summed E-state index contributed by atoms with van der Waals surface area (Å²) in [5.74, 6) is 0. The van der Waals surface area contributed by atoms with E-state index in [4.69, 9.17) is 0 Å². The molecule has 0 fully saturated rings. The molecule has 4 nitrogen and oxygen atoms in total. The van der Waals surface area contributed by atoms with Crippen LogP contribution in [-0.4, -0.2) is 75.7 Å². The molecule has 0 aliphatic carbocycles. The van der Waals surface area contributed by atoms with Crippen LogP contribution in [0, 0.1) is 0 Å². The summed E-state index contributed by atoms with van der Waals surface area (Å²) in [4.78, 5) is 0. The first-order chi connectivity index (χ1) is 5.62. The summed E-state index contributed by atoms with van der Waals surface area (Å²) in [6, 6.07) is 0. The van der Waals surface area contributed by atoms with Crippen LogP contribution in [0.1, 0.15) is 26.7 Å². The summed E-state index contributed by atoms with van der Waals surface area (Å²) in [6.45, 7) is 3.59. The predicted molar refractivity (Wildman–Crippen MR) is 47.9 cm³/mol. The number of ether oxygens (including phenoxy) is 2. The van der Waals surface area contributed by atoms with E-state index in [1.54, 1.807) is 13.8 Å². The molecular formula is C8H18BaO4. The summed E-state index contributed by atoms with van der Waals surface area (Å²) in [6.07, 6.45) is -0.525. The zero-order chi connectivity index (χ0) is 9.98. The monoisotopic (exact) mass is 316 g/mol. The Morgan fingerprint density at radius 2 is 1.15 bits per heavy atom. The van der Waals surface area contributed by atoms with Crippen molar-refractivity contribution in [1.29, 1.82) is 0 Å². The molecule has 0 radical (unpaired) electrons. The van der Waals surface area contributed by atoms with Gasteiger partial charge < -0.3 is 19.7 Å². The molecule has 0 spiro atoms. The third-order valence-corrected chi connectivity index (χ3v) is 1.19. The first-order valence-electron chi connectivity index (χ1n) is 3.99. The van der Waals surface area contributed by atoms with Crippen molar-refractivity contribution >= 4 is 48.9 Å². The van der Waals surface area contributed by atoms with E-state index < -0.39 is 12.6 Å². The van der Waals surface area contributed by atoms with Gasteiger partial charge >= 0.3 is 48.9 Å². The van der Waals surface area contributed by atoms with Crippen LogP contribution >= 0.6 is 0 Å². The largest absolute Gasteiger partial charge is 2.00 e. The maximum Gasteiger partial charge on any atom is 2.00 e. The van der Waals surface area contributed by atoms with Crippen LogP contribution in [0.5, 0.6) is 0 Å². The van der Waals surface area contributed by atoms with Crippen LogP contribution < -0.4 is 10.2 Å². The standard InChI is InChI=1S/2C4H9O2.Ba/c2*1-3-4(5)6-2;/h2*4H,3H2,1-2H3;/q2*-1;+2. The maximum atomic E-state index is 10.0. The minimum absolute atomic E-state index is 0. The summed E-state index contributed by atoms with van der Waals surface area (Å²) in [7, 11) is 2.84. The molecule has 0 aliphatic rings. The van der Waals surface area contributed by atoms with Gasteiger partial charge in [-0.05, 0) is 25.4 Å². The van der Waals surface area contributed by atoms with Crippen molar-refractivity contribution in [3.8, 4) is 0 Å². The van der Waals surface area contributed by atoms with Crippen molar-refractivity contribution in [2.75, 3.05) is 14.2 Å². The van der Waals surface area contributed by atoms with Gasteiger partial charge in [-0.25, -0.2) is 0 Å². The van der Waals surface area contributed by atoms with Crippen molar-refractivity contribution in [1.82, 2.24) is 0 Å². The summed E-state index contributed by atoms with van der Waals surface area (Å²) in [5, 5.41) is 20.1. The Morgan fingerprint density at radius 3 is 1.15 bits per heavy atom. The van der Waals surface area contributed by atoms with Crippen LogP contribution in [0.2, 0.25) is 0 Å². The summed E-state index contributed by atoms with van der Waals surface area (Å²) >= 11 is 0. The molecule has 0 amide bonds. The van der Waals surface area contributed by atoms with Crippen molar-refractivity contribution in [3.63, 3.8) is 0 Å². The van der Waals surface area contributed by atoms with E-state index in [1.807, 2.05) is 0 Å². The number of rotatable bonds is 4. The molecule has 2 unspecified atom stereocenters. The van der Waals surface area contributed by atoms with Crippen molar-refractivity contribution in [2.24, 2.45) is 0 Å². The minimum atomic E-state index is -0.815. The van der Waals surface area contributed by atoms with Gasteiger partial charge in [0.25, 0.3) is 0 Å². The molecule has 0 saturated heterocycles. The molecule has 0 aromatic heterocycles. The van der Waals surface area contributed by atoms with E-state index in [2.05, 4.69) is 9.47 Å². The van der Waals surface area contributed by atoms with Crippen LogP contribution in [0.15, 0.2) is 0 Å². The quantitative estimate of drug-likeness (QED) is 0.497. The van der Waals surface area contributed by atoms with Gasteiger partial charge in [0.2, 0.25) is 0 Å². The fraction of sp³-hybridized carbons (Fsp3) is 1.00. The fourth-order valence-corrected chi connectivity index (χ4v) is 0.333. The normalized spacial score (nSPS) is 13.4. The second-order valence-corrected chi connectivity index (χ2v) is 2.15. The molecule has 0 aromatic rings. The van der Waals surface area contributed by atoms with Gasteiger partial charge in [-0.3, -0.25) is 0 Å². The van der Waals surface area contributed by atoms with Crippen molar-refractivity contribution in [3.05, 3.63) is 0 Å². The molecule has 2 atom stereocenters. The van der Waals surface area contributed by atoms with Gasteiger partial charge in [-0.15, -0.1) is 0 Å². The molecule has 0 rings (SSSR count). The van der Waals surface area contributed by atoms with E-state index in [9.17, 15) is 10.2 Å². The number of methoxy groups -OCH3 is 2. The Hall–Kier alpha value is 1.41. The third-order valence-electron chi connectivity index (χ3n) is 1.19. The molecule has 13 heavy (non-hydrogen) atoms. The minimum Gasteiger partial charge on any atom is -0.831 e. The predicted octanol–water partition coefficient (Wildman–Crippen LogP) is -0.922. The van der Waals surface area contributed by atoms with Gasteiger partial charge in [-0.1, -0.05) is 13.8 Å². The average molecular weight is 316 g/mol. The van der Waals surface area contributed by atoms with Crippen LogP contribution in [0.3, 0.4) is 0 Å². The van der Waals surface area contributed by atoms with Crippen LogP contribution in [0.25, 0.3) is 0 Å². The van der Waals surface area contributed by atoms with Gasteiger partial charge in [-0.2, -0.15) is 0 Å². The van der Waals surface area contributed by atoms with Gasteiger partial charge in [0.1, 0.15) is 0 Å². The number of hydrogen-bond donors (Lipinski definition) is 0. The second-order valence-electron chi connectivity index (χ2n) is 2.15. The Morgan fingerprint density at radius 1 is 0.923 bits per heavy atom. The number of hydrogen-bond acceptors (Lipinski definition) is 4. The molecule has 0 aromatic carbocycles. The molecular weight excluding hydrogens is 297 g/mol. The average Bonchev–Trinajstić information content (AvgIpc) is 2.16. The zero-order valence-electron chi connectivity index (χ0n) is 8.91.